The van der Waals surface area contributed by atoms with Gasteiger partial charge < -0.3 is 10.0 Å². The van der Waals surface area contributed by atoms with Crippen LogP contribution in [-0.4, -0.2) is 29.0 Å². The minimum absolute atomic E-state index is 0.0731. The van der Waals surface area contributed by atoms with Crippen LogP contribution < -0.4 is 0 Å². The molecule has 0 radical (unpaired) electrons. The van der Waals surface area contributed by atoms with Crippen molar-refractivity contribution in [2.45, 2.75) is 31.3 Å². The van der Waals surface area contributed by atoms with Crippen LogP contribution in [0.25, 0.3) is 0 Å². The Morgan fingerprint density at radius 3 is 2.54 bits per heavy atom. The van der Waals surface area contributed by atoms with Gasteiger partial charge in [-0.1, -0.05) is 42.5 Å². The summed E-state index contributed by atoms with van der Waals surface area (Å²) in [5, 5.41) is 10.8. The van der Waals surface area contributed by atoms with E-state index in [1.807, 2.05) is 30.3 Å². The molecule has 2 aromatic rings. The van der Waals surface area contributed by atoms with Gasteiger partial charge in [-0.25, -0.2) is 4.39 Å². The molecule has 0 bridgehead atoms. The number of carbonyl (C=O) groups is 1. The number of hydrogen-bond acceptors (Lipinski definition) is 2. The number of likely N-dealkylation sites (tertiary alicyclic amines) is 1. The molecule has 1 unspecified atom stereocenters. The predicted molar refractivity (Wildman–Crippen MR) is 90.9 cm³/mol. The molecule has 2 aromatic carbocycles. The number of β-amino-alcohol motifs (C(OH)–C–C–N with tert-alkyl or cyclic N) is 1. The Labute approximate surface area is 141 Å². The highest BCUT2D eigenvalue weighted by molar-refractivity contribution is 5.76. The summed E-state index contributed by atoms with van der Waals surface area (Å²) in [4.78, 5) is 14.1. The third-order valence-electron chi connectivity index (χ3n) is 4.68. The van der Waals surface area contributed by atoms with Crippen LogP contribution in [0.1, 0.15) is 30.4 Å². The van der Waals surface area contributed by atoms with Gasteiger partial charge in [0.05, 0.1) is 6.54 Å². The highest BCUT2D eigenvalue weighted by atomic mass is 19.1. The third kappa shape index (κ3) is 3.82. The standard InChI is InChI=1S/C20H22FNO2/c21-18-11-9-16(10-12-18)5-4-8-19(23)22-14-13-20(24,15-22)17-6-2-1-3-7-17/h1-3,6-7,9-12,24H,4-5,8,13-15H2. The second-order valence-corrected chi connectivity index (χ2v) is 6.44. The zero-order chi connectivity index (χ0) is 17.0. The molecule has 1 amide bonds. The predicted octanol–water partition coefficient (Wildman–Crippen LogP) is 3.27. The average molecular weight is 327 g/mol. The number of amides is 1. The molecular weight excluding hydrogens is 305 g/mol. The summed E-state index contributed by atoms with van der Waals surface area (Å²) < 4.78 is 12.9. The highest BCUT2D eigenvalue weighted by Gasteiger charge is 2.39. The average Bonchev–Trinajstić information content (AvgIpc) is 3.01. The van der Waals surface area contributed by atoms with Gasteiger partial charge in [0.1, 0.15) is 11.4 Å². The highest BCUT2D eigenvalue weighted by Crippen LogP contribution is 2.32. The Kier molecular flexibility index (Phi) is 4.95. The maximum absolute atomic E-state index is 12.9. The largest absolute Gasteiger partial charge is 0.383 e. The molecule has 0 aliphatic carbocycles. The fraction of sp³-hybridized carbons (Fsp3) is 0.350. The van der Waals surface area contributed by atoms with Crippen molar-refractivity contribution in [2.75, 3.05) is 13.1 Å². The van der Waals surface area contributed by atoms with Crippen molar-refractivity contribution in [1.29, 1.82) is 0 Å². The Hall–Kier alpha value is -2.20. The Bertz CT molecular complexity index is 687. The molecule has 126 valence electrons. The number of aryl methyl sites for hydroxylation is 1. The van der Waals surface area contributed by atoms with Gasteiger partial charge in [-0.2, -0.15) is 0 Å². The minimum atomic E-state index is -0.937. The summed E-state index contributed by atoms with van der Waals surface area (Å²) in [6, 6.07) is 15.9. The van der Waals surface area contributed by atoms with E-state index < -0.39 is 5.60 Å². The first-order valence-electron chi connectivity index (χ1n) is 8.37. The molecule has 1 aliphatic heterocycles. The van der Waals surface area contributed by atoms with E-state index in [0.717, 1.165) is 24.0 Å². The molecule has 0 spiro atoms. The molecule has 1 atom stereocenters. The molecule has 1 aliphatic rings. The van der Waals surface area contributed by atoms with Gasteiger partial charge in [0.25, 0.3) is 0 Å². The fourth-order valence-corrected chi connectivity index (χ4v) is 3.24. The number of benzene rings is 2. The smallest absolute Gasteiger partial charge is 0.222 e. The van der Waals surface area contributed by atoms with Crippen molar-refractivity contribution in [3.8, 4) is 0 Å². The van der Waals surface area contributed by atoms with E-state index in [4.69, 9.17) is 0 Å². The lowest BCUT2D eigenvalue weighted by Crippen LogP contribution is -2.34. The fourth-order valence-electron chi connectivity index (χ4n) is 3.24. The van der Waals surface area contributed by atoms with E-state index >= 15 is 0 Å². The summed E-state index contributed by atoms with van der Waals surface area (Å²) in [5.74, 6) is -0.170. The molecule has 0 aromatic heterocycles. The van der Waals surface area contributed by atoms with Gasteiger partial charge in [0, 0.05) is 13.0 Å². The van der Waals surface area contributed by atoms with E-state index in [-0.39, 0.29) is 11.7 Å². The Morgan fingerprint density at radius 1 is 1.12 bits per heavy atom. The second kappa shape index (κ2) is 7.14. The van der Waals surface area contributed by atoms with Crippen LogP contribution in [0.4, 0.5) is 4.39 Å². The quantitative estimate of drug-likeness (QED) is 0.916. The molecule has 0 saturated carbocycles. The third-order valence-corrected chi connectivity index (χ3v) is 4.68. The van der Waals surface area contributed by atoms with E-state index in [0.29, 0.717) is 25.9 Å². The van der Waals surface area contributed by atoms with Crippen molar-refractivity contribution in [3.63, 3.8) is 0 Å². The van der Waals surface area contributed by atoms with Crippen molar-refractivity contribution in [1.82, 2.24) is 4.90 Å². The van der Waals surface area contributed by atoms with Gasteiger partial charge in [-0.15, -0.1) is 0 Å². The maximum Gasteiger partial charge on any atom is 0.222 e. The molecule has 24 heavy (non-hydrogen) atoms. The molecular formula is C20H22FNO2. The Morgan fingerprint density at radius 2 is 1.83 bits per heavy atom. The summed E-state index contributed by atoms with van der Waals surface area (Å²) in [7, 11) is 0. The van der Waals surface area contributed by atoms with Crippen LogP contribution in [0.5, 0.6) is 0 Å². The molecule has 1 saturated heterocycles. The number of carbonyl (C=O) groups excluding carboxylic acids is 1. The molecule has 1 N–H and O–H groups in total. The molecule has 1 fully saturated rings. The SMILES string of the molecule is O=C(CCCc1ccc(F)cc1)N1CCC(O)(c2ccccc2)C1. The minimum Gasteiger partial charge on any atom is -0.383 e. The van der Waals surface area contributed by atoms with Crippen LogP contribution >= 0.6 is 0 Å². The van der Waals surface area contributed by atoms with Crippen molar-refractivity contribution in [3.05, 3.63) is 71.5 Å². The molecule has 4 heteroatoms. The second-order valence-electron chi connectivity index (χ2n) is 6.44. The number of rotatable bonds is 5. The topological polar surface area (TPSA) is 40.5 Å². The first-order valence-corrected chi connectivity index (χ1v) is 8.37. The maximum atomic E-state index is 12.9. The molecule has 3 rings (SSSR count). The normalized spacial score (nSPS) is 20.3. The van der Waals surface area contributed by atoms with E-state index in [9.17, 15) is 14.3 Å². The lowest BCUT2D eigenvalue weighted by atomic mass is 9.93. The summed E-state index contributed by atoms with van der Waals surface area (Å²) in [6.45, 7) is 0.938. The number of aliphatic hydroxyl groups is 1. The monoisotopic (exact) mass is 327 g/mol. The van der Waals surface area contributed by atoms with Gasteiger partial charge >= 0.3 is 0 Å². The zero-order valence-electron chi connectivity index (χ0n) is 13.6. The summed E-state index contributed by atoms with van der Waals surface area (Å²) in [6.07, 6.45) is 2.50. The zero-order valence-corrected chi connectivity index (χ0v) is 13.6. The molecule has 1 heterocycles. The molecule has 3 nitrogen and oxygen atoms in total. The van der Waals surface area contributed by atoms with E-state index in [1.54, 1.807) is 17.0 Å². The van der Waals surface area contributed by atoms with E-state index in [2.05, 4.69) is 0 Å². The number of halogens is 1. The first-order chi connectivity index (χ1) is 11.6. The van der Waals surface area contributed by atoms with Crippen LogP contribution in [-0.2, 0) is 16.8 Å². The number of hydrogen-bond donors (Lipinski definition) is 1. The van der Waals surface area contributed by atoms with Crippen molar-refractivity contribution >= 4 is 5.91 Å². The van der Waals surface area contributed by atoms with Crippen LogP contribution in [0.3, 0.4) is 0 Å². The Balaban J connectivity index is 1.50. The van der Waals surface area contributed by atoms with Gasteiger partial charge in [0.15, 0.2) is 0 Å². The van der Waals surface area contributed by atoms with Crippen molar-refractivity contribution in [2.24, 2.45) is 0 Å². The number of nitrogens with zero attached hydrogens (tertiary/aromatic N) is 1. The summed E-state index contributed by atoms with van der Waals surface area (Å²) in [5.41, 5.74) is 0.964. The van der Waals surface area contributed by atoms with Crippen LogP contribution in [0, 0.1) is 5.82 Å². The van der Waals surface area contributed by atoms with Crippen LogP contribution in [0.15, 0.2) is 54.6 Å². The van der Waals surface area contributed by atoms with Gasteiger partial charge in [0.2, 0.25) is 5.91 Å². The van der Waals surface area contributed by atoms with Crippen LogP contribution in [0.2, 0.25) is 0 Å². The van der Waals surface area contributed by atoms with Crippen molar-refractivity contribution < 1.29 is 14.3 Å². The lowest BCUT2D eigenvalue weighted by Gasteiger charge is -2.24. The van der Waals surface area contributed by atoms with Gasteiger partial charge in [-0.3, -0.25) is 4.79 Å². The lowest BCUT2D eigenvalue weighted by molar-refractivity contribution is -0.131. The van der Waals surface area contributed by atoms with Gasteiger partial charge in [-0.05, 0) is 42.5 Å². The summed E-state index contributed by atoms with van der Waals surface area (Å²) >= 11 is 0. The first kappa shape index (κ1) is 16.7. The van der Waals surface area contributed by atoms with E-state index in [1.165, 1.54) is 12.1 Å².